The van der Waals surface area contributed by atoms with Gasteiger partial charge in [0.1, 0.15) is 57.5 Å². The molecule has 18 heteroatoms. The highest BCUT2D eigenvalue weighted by molar-refractivity contribution is 6.45. The number of pyridine rings is 6. The van der Waals surface area contributed by atoms with Crippen molar-refractivity contribution in [1.82, 2.24) is 39.7 Å². The fourth-order valence-corrected chi connectivity index (χ4v) is 17.2. The van der Waals surface area contributed by atoms with Crippen molar-refractivity contribution in [3.8, 4) is 125 Å². The molecule has 0 saturated carbocycles. The first kappa shape index (κ1) is 84.2. The Morgan fingerprint density at radius 3 is 0.708 bits per heavy atom. The molecule has 11 aromatic carbocycles. The minimum absolute atomic E-state index is 0.0392. The van der Waals surface area contributed by atoms with Gasteiger partial charge in [-0.05, 0) is 249 Å². The highest BCUT2D eigenvalue weighted by Gasteiger charge is 2.42. The van der Waals surface area contributed by atoms with Gasteiger partial charge < -0.3 is 28.4 Å². The van der Waals surface area contributed by atoms with E-state index in [-0.39, 0.29) is 106 Å². The van der Waals surface area contributed by atoms with Gasteiger partial charge in [0.05, 0.1) is 81.0 Å². The van der Waals surface area contributed by atoms with Crippen LogP contribution in [-0.4, -0.2) is 89.6 Å². The quantitative estimate of drug-likeness (QED) is 0.0238. The molecule has 17 aromatic rings. The van der Waals surface area contributed by atoms with Crippen LogP contribution in [0.3, 0.4) is 0 Å². The van der Waals surface area contributed by atoms with Gasteiger partial charge >= 0.3 is 0 Å². The summed E-state index contributed by atoms with van der Waals surface area (Å²) in [6, 6.07) is 84.9. The third-order valence-corrected chi connectivity index (χ3v) is 24.2. The van der Waals surface area contributed by atoms with E-state index >= 15 is 19.2 Å². The van der Waals surface area contributed by atoms with Crippen molar-refractivity contribution in [2.75, 3.05) is 26.3 Å². The number of rotatable bonds is 24. The number of aromatic nitrogens is 6. The molecule has 2 aliphatic rings. The van der Waals surface area contributed by atoms with Crippen LogP contribution < -0.4 is 28.4 Å². The number of hydrogen-bond acceptors (Lipinski definition) is 16. The standard InChI is InChI=1S/C112H96N8O10/c1-109(2,3)71-31-43-77(44-32-71)127-93-63-81-97-82(106(122)119(105(81)121)55-21-57-125-75-39-27-67(28-40-75)69-59-89(85-23-13-17-51-113-85)117-90(60-69)86-24-14-18-52-114-86)65-95(129-79-47-35-73(36-48-79)111(7,8)9)101-102-96(130-80-49-37-74(38-50-80)112(10,11)12)66-84-98-83(64-94(100(104(98)102)99(93)103(97)101)128-78-45-33-72(34-46-78)110(4,5)6)107(123)120(108(84)124)56-22-58-126-76-41-29-68(30-42-76)70-61-91(87-25-15-19-53-115-87)118-92(62-70)88-26-16-20-54-116-88/h13-20,23-54,59-66H,21-22,55-58H2,1-12H3. The highest BCUT2D eigenvalue weighted by Crippen LogP contribution is 2.59. The van der Waals surface area contributed by atoms with E-state index in [4.69, 9.17) is 38.4 Å². The van der Waals surface area contributed by atoms with Crippen LogP contribution in [0.1, 0.15) is 160 Å². The van der Waals surface area contributed by atoms with E-state index in [1.807, 2.05) is 243 Å². The first-order valence-electron chi connectivity index (χ1n) is 44.0. The van der Waals surface area contributed by atoms with E-state index in [1.54, 1.807) is 49.1 Å². The minimum Gasteiger partial charge on any atom is -0.494 e. The summed E-state index contributed by atoms with van der Waals surface area (Å²) in [5, 5.41) is 3.06. The summed E-state index contributed by atoms with van der Waals surface area (Å²) in [7, 11) is 0. The molecule has 130 heavy (non-hydrogen) atoms. The van der Waals surface area contributed by atoms with Crippen LogP contribution in [-0.2, 0) is 21.7 Å². The Bertz CT molecular complexity index is 6420. The van der Waals surface area contributed by atoms with Crippen molar-refractivity contribution in [3.05, 3.63) is 336 Å². The van der Waals surface area contributed by atoms with Crippen LogP contribution in [0.2, 0.25) is 0 Å². The molecule has 0 spiro atoms. The Kier molecular flexibility index (Phi) is 21.9. The predicted molar refractivity (Wildman–Crippen MR) is 512 cm³/mol. The van der Waals surface area contributed by atoms with Crippen LogP contribution in [0.4, 0.5) is 0 Å². The van der Waals surface area contributed by atoms with E-state index in [9.17, 15) is 0 Å². The molecule has 4 amide bonds. The van der Waals surface area contributed by atoms with Crippen LogP contribution in [0.5, 0.6) is 57.5 Å². The SMILES string of the molecule is CC(C)(C)c1ccc(Oc2cc3c4c(cc(Oc5ccc(C(C)(C)C)cc5)c5c6c(Oc7ccc(C(C)(C)C)cc7)cc7c8c(cc(Oc9ccc(C(C)(C)C)cc9)c(c2c45)c86)C(=O)N(CCCOc2ccc(-c4cc(-c5ccccn5)nc(-c5ccccn5)c4)cc2)C7=O)C(=O)N(CCCOc2ccc(-c4cc(-c5ccccn5)nc(-c5ccccn5)c4)cc2)C3=O)cc1. The van der Waals surface area contributed by atoms with Crippen LogP contribution in [0, 0.1) is 0 Å². The summed E-state index contributed by atoms with van der Waals surface area (Å²) in [6.07, 6.45) is 7.49. The van der Waals surface area contributed by atoms with Crippen LogP contribution >= 0.6 is 0 Å². The molecule has 0 bridgehead atoms. The lowest BCUT2D eigenvalue weighted by Gasteiger charge is -2.32. The average Bonchev–Trinajstić information content (AvgIpc) is 0.670. The summed E-state index contributed by atoms with van der Waals surface area (Å²) in [4.78, 5) is 96.1. The van der Waals surface area contributed by atoms with Crippen molar-refractivity contribution >= 4 is 66.7 Å². The van der Waals surface area contributed by atoms with Crippen LogP contribution in [0.25, 0.3) is 111 Å². The van der Waals surface area contributed by atoms with Gasteiger partial charge in [-0.2, -0.15) is 0 Å². The summed E-state index contributed by atoms with van der Waals surface area (Å²) < 4.78 is 42.7. The van der Waals surface area contributed by atoms with E-state index in [0.717, 1.165) is 67.3 Å². The van der Waals surface area contributed by atoms with Gasteiger partial charge in [0.25, 0.3) is 23.6 Å². The van der Waals surface area contributed by atoms with E-state index in [1.165, 1.54) is 9.80 Å². The summed E-state index contributed by atoms with van der Waals surface area (Å²) >= 11 is 0. The normalized spacial score (nSPS) is 13.0. The molecule has 0 aliphatic carbocycles. The lowest BCUT2D eigenvalue weighted by Crippen LogP contribution is -2.41. The minimum atomic E-state index is -0.569. The van der Waals surface area contributed by atoms with Gasteiger partial charge in [-0.15, -0.1) is 0 Å². The third-order valence-electron chi connectivity index (χ3n) is 24.2. The van der Waals surface area contributed by atoms with Gasteiger partial charge in [-0.3, -0.25) is 48.9 Å². The predicted octanol–water partition coefficient (Wildman–Crippen LogP) is 26.6. The zero-order valence-electron chi connectivity index (χ0n) is 74.6. The maximum atomic E-state index is 16.3. The lowest BCUT2D eigenvalue weighted by atomic mass is 9.80. The summed E-state index contributed by atoms with van der Waals surface area (Å²) in [5.41, 5.74) is 13.3. The molecule has 0 fully saturated rings. The number of amides is 4. The molecule has 0 saturated heterocycles. The Morgan fingerprint density at radius 2 is 0.485 bits per heavy atom. The van der Waals surface area contributed by atoms with E-state index in [0.29, 0.717) is 100 Å². The molecule has 0 unspecified atom stereocenters. The maximum absolute atomic E-state index is 16.3. The van der Waals surface area contributed by atoms with Crippen molar-refractivity contribution in [2.45, 2.75) is 118 Å². The number of imide groups is 2. The maximum Gasteiger partial charge on any atom is 0.261 e. The Labute approximate surface area is 754 Å². The number of fused-ring (bicyclic) bond motifs is 2. The van der Waals surface area contributed by atoms with Crippen molar-refractivity contribution in [2.24, 2.45) is 0 Å². The fraction of sp³-hybridized carbons (Fsp3) is 0.196. The second-order valence-corrected chi connectivity index (χ2v) is 37.3. The summed E-state index contributed by atoms with van der Waals surface area (Å²) in [6.45, 7) is 25.9. The number of ether oxygens (including phenoxy) is 6. The van der Waals surface area contributed by atoms with Gasteiger partial charge in [0, 0.05) is 81.0 Å². The van der Waals surface area contributed by atoms with Crippen molar-refractivity contribution in [1.29, 1.82) is 0 Å². The zero-order chi connectivity index (χ0) is 90.1. The molecular weight excluding hydrogens is 1620 g/mol. The largest absolute Gasteiger partial charge is 0.494 e. The van der Waals surface area contributed by atoms with Crippen molar-refractivity contribution < 1.29 is 47.6 Å². The Morgan fingerprint density at radius 1 is 0.246 bits per heavy atom. The molecule has 0 atom stereocenters. The molecule has 0 radical (unpaired) electrons. The van der Waals surface area contributed by atoms with Crippen molar-refractivity contribution in [3.63, 3.8) is 0 Å². The molecule has 6 aromatic heterocycles. The average molecular weight is 1710 g/mol. The van der Waals surface area contributed by atoms with E-state index in [2.05, 4.69) is 103 Å². The van der Waals surface area contributed by atoms with E-state index < -0.39 is 23.6 Å². The molecule has 0 N–H and O–H groups in total. The second-order valence-electron chi connectivity index (χ2n) is 37.3. The fourth-order valence-electron chi connectivity index (χ4n) is 17.2. The number of carbonyl (C=O) groups excluding carboxylic acids is 4. The number of benzene rings is 11. The van der Waals surface area contributed by atoms with Gasteiger partial charge in [0.2, 0.25) is 0 Å². The molecule has 2 aliphatic heterocycles. The highest BCUT2D eigenvalue weighted by atomic mass is 16.5. The first-order valence-corrected chi connectivity index (χ1v) is 44.0. The van der Waals surface area contributed by atoms with Gasteiger partial charge in [-0.25, -0.2) is 9.97 Å². The first-order chi connectivity index (χ1) is 62.6. The topological polar surface area (TPSA) is 207 Å². The smallest absolute Gasteiger partial charge is 0.261 e. The third kappa shape index (κ3) is 16.6. The monoisotopic (exact) mass is 1710 g/mol. The Balaban J connectivity index is 0.748. The lowest BCUT2D eigenvalue weighted by molar-refractivity contribution is 0.0587. The zero-order valence-corrected chi connectivity index (χ0v) is 74.6. The van der Waals surface area contributed by atoms with Gasteiger partial charge in [0.15, 0.2) is 0 Å². The molecular formula is C112H96N8O10. The Hall–Kier alpha value is -15.3. The molecule has 19 rings (SSSR count). The molecule has 8 heterocycles. The van der Waals surface area contributed by atoms with Crippen LogP contribution in [0.15, 0.2) is 292 Å². The van der Waals surface area contributed by atoms with Gasteiger partial charge in [-0.1, -0.05) is 180 Å². The summed E-state index contributed by atoms with van der Waals surface area (Å²) in [5.74, 6) is 1.46. The second kappa shape index (κ2) is 33.8. The molecule has 644 valence electrons. The number of hydrogen-bond donors (Lipinski definition) is 0. The number of carbonyl (C=O) groups is 4. The number of nitrogens with zero attached hydrogens (tertiary/aromatic N) is 8. The molecule has 18 nitrogen and oxygen atoms in total.